The van der Waals surface area contributed by atoms with Crippen molar-refractivity contribution < 1.29 is 13.2 Å². The van der Waals surface area contributed by atoms with E-state index in [1.54, 1.807) is 28.7 Å². The molecule has 0 aliphatic rings. The van der Waals surface area contributed by atoms with Crippen LogP contribution in [0.5, 0.6) is 0 Å². The zero-order valence-corrected chi connectivity index (χ0v) is 8.93. The summed E-state index contributed by atoms with van der Waals surface area (Å²) in [6, 6.07) is 4.16. The van der Waals surface area contributed by atoms with Gasteiger partial charge < -0.3 is 0 Å². The molecule has 0 spiro atoms. The number of alkyl halides is 3. The van der Waals surface area contributed by atoms with E-state index >= 15 is 0 Å². The Hall–Kier alpha value is -0.840. The monoisotopic (exact) mass is 312 g/mol. The van der Waals surface area contributed by atoms with Gasteiger partial charge in [0.15, 0.2) is 0 Å². The number of pyridine rings is 1. The smallest absolute Gasteiger partial charge is 0.247 e. The van der Waals surface area contributed by atoms with E-state index in [1.165, 1.54) is 6.07 Å². The maximum atomic E-state index is 12.2. The molecule has 0 atom stereocenters. The first-order valence-corrected chi connectivity index (χ1v) is 4.62. The zero-order chi connectivity index (χ0) is 10.8. The van der Waals surface area contributed by atoms with Gasteiger partial charge in [0.1, 0.15) is 5.69 Å². The van der Waals surface area contributed by atoms with Crippen molar-refractivity contribution in [2.24, 2.45) is 0 Å². The fraction of sp³-hybridized carbons (Fsp3) is 0.250. The van der Waals surface area contributed by atoms with Gasteiger partial charge in [0.2, 0.25) is 0 Å². The molecule has 1 heterocycles. The predicted molar refractivity (Wildman–Crippen MR) is 51.3 cm³/mol. The Balaban J connectivity index is 3.15. The van der Waals surface area contributed by atoms with Crippen LogP contribution in [0.25, 0.3) is 0 Å². The molecule has 74 valence electrons. The lowest BCUT2D eigenvalue weighted by Crippen LogP contribution is -2.09. The lowest BCUT2D eigenvalue weighted by Gasteiger charge is -2.07. The van der Waals surface area contributed by atoms with E-state index in [4.69, 9.17) is 5.26 Å². The van der Waals surface area contributed by atoms with Gasteiger partial charge >= 0.3 is 6.18 Å². The molecule has 0 saturated carbocycles. The number of nitrogens with zero attached hydrogens (tertiary/aromatic N) is 2. The molecular formula is C8H4F3IN2. The first-order chi connectivity index (χ1) is 6.43. The van der Waals surface area contributed by atoms with E-state index in [-0.39, 0.29) is 12.1 Å². The molecule has 0 aromatic carbocycles. The van der Waals surface area contributed by atoms with E-state index in [9.17, 15) is 13.2 Å². The molecule has 0 bridgehead atoms. The number of hydrogen-bond acceptors (Lipinski definition) is 2. The van der Waals surface area contributed by atoms with Gasteiger partial charge in [-0.05, 0) is 34.7 Å². The van der Waals surface area contributed by atoms with E-state index in [2.05, 4.69) is 4.98 Å². The van der Waals surface area contributed by atoms with Crippen LogP contribution in [0.3, 0.4) is 0 Å². The van der Waals surface area contributed by atoms with Crippen LogP contribution in [0.1, 0.15) is 11.4 Å². The summed E-state index contributed by atoms with van der Waals surface area (Å²) in [6.45, 7) is 0. The lowest BCUT2D eigenvalue weighted by molar-refractivity contribution is -0.141. The van der Waals surface area contributed by atoms with Crippen LogP contribution in [0.4, 0.5) is 13.2 Å². The molecular weight excluding hydrogens is 308 g/mol. The van der Waals surface area contributed by atoms with E-state index < -0.39 is 11.9 Å². The molecule has 1 aromatic rings. The average Bonchev–Trinajstić information content (AvgIpc) is 2.02. The van der Waals surface area contributed by atoms with Gasteiger partial charge in [0.25, 0.3) is 0 Å². The Morgan fingerprint density at radius 2 is 2.07 bits per heavy atom. The van der Waals surface area contributed by atoms with Crippen LogP contribution in [0, 0.1) is 14.9 Å². The van der Waals surface area contributed by atoms with Crippen LogP contribution in [-0.2, 0) is 12.6 Å². The standard InChI is InChI=1S/C8H4F3IN2/c9-8(10,11)7-4-5(12)3-6(14-7)1-2-13/h3-4H,1H2. The van der Waals surface area contributed by atoms with Gasteiger partial charge in [-0.25, -0.2) is 4.98 Å². The quantitative estimate of drug-likeness (QED) is 0.748. The first kappa shape index (κ1) is 11.2. The fourth-order valence-electron chi connectivity index (χ4n) is 0.867. The molecule has 1 aromatic heterocycles. The summed E-state index contributed by atoms with van der Waals surface area (Å²) >= 11 is 1.76. The molecule has 0 radical (unpaired) electrons. The molecule has 0 saturated heterocycles. The SMILES string of the molecule is N#CCc1cc(I)cc(C(F)(F)F)n1. The Morgan fingerprint density at radius 3 is 2.57 bits per heavy atom. The second kappa shape index (κ2) is 4.13. The molecule has 0 aliphatic heterocycles. The summed E-state index contributed by atoms with van der Waals surface area (Å²) in [5, 5.41) is 8.33. The summed E-state index contributed by atoms with van der Waals surface area (Å²) < 4.78 is 37.1. The van der Waals surface area contributed by atoms with Crippen molar-refractivity contribution in [2.75, 3.05) is 0 Å². The van der Waals surface area contributed by atoms with E-state index in [0.717, 1.165) is 6.07 Å². The van der Waals surface area contributed by atoms with E-state index in [1.807, 2.05) is 0 Å². The highest BCUT2D eigenvalue weighted by Crippen LogP contribution is 2.28. The van der Waals surface area contributed by atoms with Crippen molar-refractivity contribution in [1.29, 1.82) is 5.26 Å². The van der Waals surface area contributed by atoms with Gasteiger partial charge in [0.05, 0.1) is 18.2 Å². The fourth-order valence-corrected chi connectivity index (χ4v) is 1.52. The number of aromatic nitrogens is 1. The summed E-state index contributed by atoms with van der Waals surface area (Å²) in [4.78, 5) is 3.34. The molecule has 1 rings (SSSR count). The summed E-state index contributed by atoms with van der Waals surface area (Å²) in [6.07, 6.45) is -4.56. The Labute approximate surface area is 91.9 Å². The number of halogens is 4. The minimum absolute atomic E-state index is 0.111. The molecule has 14 heavy (non-hydrogen) atoms. The van der Waals surface area contributed by atoms with Gasteiger partial charge in [-0.3, -0.25) is 0 Å². The van der Waals surface area contributed by atoms with E-state index in [0.29, 0.717) is 3.57 Å². The van der Waals surface area contributed by atoms with Crippen molar-refractivity contribution in [3.8, 4) is 6.07 Å². The highest BCUT2D eigenvalue weighted by Gasteiger charge is 2.32. The number of nitriles is 1. The van der Waals surface area contributed by atoms with Crippen molar-refractivity contribution in [2.45, 2.75) is 12.6 Å². The zero-order valence-electron chi connectivity index (χ0n) is 6.77. The molecule has 0 amide bonds. The molecule has 0 unspecified atom stereocenters. The van der Waals surface area contributed by atoms with Crippen molar-refractivity contribution in [1.82, 2.24) is 4.98 Å². The largest absolute Gasteiger partial charge is 0.433 e. The number of rotatable bonds is 1. The van der Waals surface area contributed by atoms with Crippen LogP contribution in [0.2, 0.25) is 0 Å². The third kappa shape index (κ3) is 2.83. The summed E-state index contributed by atoms with van der Waals surface area (Å²) in [7, 11) is 0. The molecule has 0 fully saturated rings. The second-order valence-corrected chi connectivity index (χ2v) is 3.74. The average molecular weight is 312 g/mol. The minimum Gasteiger partial charge on any atom is -0.247 e. The third-order valence-electron chi connectivity index (χ3n) is 1.39. The summed E-state index contributed by atoms with van der Waals surface area (Å²) in [5.74, 6) is 0. The van der Waals surface area contributed by atoms with Gasteiger partial charge in [-0.15, -0.1) is 0 Å². The van der Waals surface area contributed by atoms with Crippen molar-refractivity contribution >= 4 is 22.6 Å². The normalized spacial score (nSPS) is 11.1. The highest BCUT2D eigenvalue weighted by molar-refractivity contribution is 14.1. The Bertz CT molecular complexity index is 381. The Kier molecular flexibility index (Phi) is 3.31. The molecule has 6 heteroatoms. The van der Waals surface area contributed by atoms with Crippen molar-refractivity contribution in [3.63, 3.8) is 0 Å². The van der Waals surface area contributed by atoms with Gasteiger partial charge in [-0.1, -0.05) is 0 Å². The predicted octanol–water partition coefficient (Wildman–Crippen LogP) is 2.77. The van der Waals surface area contributed by atoms with Crippen LogP contribution in [-0.4, -0.2) is 4.98 Å². The maximum absolute atomic E-state index is 12.2. The minimum atomic E-state index is -4.45. The van der Waals surface area contributed by atoms with Crippen LogP contribution >= 0.6 is 22.6 Å². The lowest BCUT2D eigenvalue weighted by atomic mass is 10.2. The molecule has 2 nitrogen and oxygen atoms in total. The first-order valence-electron chi connectivity index (χ1n) is 3.54. The molecule has 0 N–H and O–H groups in total. The van der Waals surface area contributed by atoms with Crippen molar-refractivity contribution in [3.05, 3.63) is 27.1 Å². The van der Waals surface area contributed by atoms with Crippen LogP contribution < -0.4 is 0 Å². The Morgan fingerprint density at radius 1 is 1.43 bits per heavy atom. The summed E-state index contributed by atoms with van der Waals surface area (Å²) in [5.41, 5.74) is -0.804. The topological polar surface area (TPSA) is 36.7 Å². The second-order valence-electron chi connectivity index (χ2n) is 2.49. The van der Waals surface area contributed by atoms with Gasteiger partial charge in [-0.2, -0.15) is 18.4 Å². The van der Waals surface area contributed by atoms with Crippen LogP contribution in [0.15, 0.2) is 12.1 Å². The maximum Gasteiger partial charge on any atom is 0.433 e. The highest BCUT2D eigenvalue weighted by atomic mass is 127. The third-order valence-corrected chi connectivity index (χ3v) is 2.02. The van der Waals surface area contributed by atoms with Gasteiger partial charge in [0, 0.05) is 3.57 Å². The number of hydrogen-bond donors (Lipinski definition) is 0. The molecule has 0 aliphatic carbocycles.